The summed E-state index contributed by atoms with van der Waals surface area (Å²) < 4.78 is 2.20. The fraction of sp³-hybridized carbons (Fsp3) is 0.667. The number of aromatic nitrogens is 2. The van der Waals surface area contributed by atoms with Gasteiger partial charge in [-0.25, -0.2) is 4.98 Å². The molecular weight excluding hydrogens is 282 g/mol. The highest BCUT2D eigenvalue weighted by atomic mass is 32.1. The van der Waals surface area contributed by atoms with E-state index in [1.165, 1.54) is 5.69 Å². The van der Waals surface area contributed by atoms with E-state index in [1.807, 2.05) is 0 Å². The molecule has 21 heavy (non-hydrogen) atoms. The highest BCUT2D eigenvalue weighted by molar-refractivity contribution is 7.15. The molecule has 0 saturated carbocycles. The summed E-state index contributed by atoms with van der Waals surface area (Å²) in [5.74, 6) is 1.11. The summed E-state index contributed by atoms with van der Waals surface area (Å²) in [6.07, 6.45) is 4.08. The predicted molar refractivity (Wildman–Crippen MR) is 91.5 cm³/mol. The Labute approximate surface area is 131 Å². The number of thiazole rings is 1. The molecule has 5 nitrogen and oxygen atoms in total. The molecule has 2 heterocycles. The number of likely N-dealkylation sites (N-methyl/N-ethyl adjacent to an activating group) is 1. The molecule has 1 unspecified atom stereocenters. The lowest BCUT2D eigenvalue weighted by Crippen LogP contribution is -2.33. The van der Waals surface area contributed by atoms with Crippen LogP contribution in [0.5, 0.6) is 0 Å². The summed E-state index contributed by atoms with van der Waals surface area (Å²) in [4.78, 5) is 10.5. The van der Waals surface area contributed by atoms with Crippen LogP contribution in [-0.4, -0.2) is 54.1 Å². The Morgan fingerprint density at radius 2 is 2.10 bits per heavy atom. The monoisotopic (exact) mass is 309 g/mol. The predicted octanol–water partition coefficient (Wildman–Crippen LogP) is 2.06. The molecule has 0 radical (unpaired) electrons. The number of imidazole rings is 1. The third-order valence-corrected chi connectivity index (χ3v) is 4.22. The van der Waals surface area contributed by atoms with E-state index in [2.05, 4.69) is 53.7 Å². The van der Waals surface area contributed by atoms with Crippen LogP contribution in [0.2, 0.25) is 0 Å². The fourth-order valence-corrected chi connectivity index (χ4v) is 3.21. The van der Waals surface area contributed by atoms with E-state index in [9.17, 15) is 0 Å². The highest BCUT2D eigenvalue weighted by Crippen LogP contribution is 2.26. The molecule has 1 atom stereocenters. The number of anilines is 1. The van der Waals surface area contributed by atoms with Gasteiger partial charge in [0, 0.05) is 43.7 Å². The molecule has 6 heteroatoms. The Balaban J connectivity index is 2.33. The molecule has 0 saturated heterocycles. The van der Waals surface area contributed by atoms with Gasteiger partial charge in [0.2, 0.25) is 0 Å². The first-order chi connectivity index (χ1) is 10.0. The maximum atomic E-state index is 6.04. The molecule has 0 spiro atoms. The second-order valence-corrected chi connectivity index (χ2v) is 6.78. The van der Waals surface area contributed by atoms with Gasteiger partial charge < -0.3 is 15.5 Å². The lowest BCUT2D eigenvalue weighted by molar-refractivity contribution is 0.412. The quantitative estimate of drug-likeness (QED) is 0.811. The normalized spacial score (nSPS) is 13.2. The van der Waals surface area contributed by atoms with Crippen LogP contribution in [0.15, 0.2) is 11.6 Å². The zero-order valence-electron chi connectivity index (χ0n) is 13.5. The molecule has 2 rings (SSSR count). The van der Waals surface area contributed by atoms with Crippen LogP contribution in [0.1, 0.15) is 26.0 Å². The molecule has 118 valence electrons. The van der Waals surface area contributed by atoms with Crippen molar-refractivity contribution in [3.8, 4) is 0 Å². The third-order valence-electron chi connectivity index (χ3n) is 3.47. The van der Waals surface area contributed by atoms with Crippen LogP contribution in [0.25, 0.3) is 4.96 Å². The van der Waals surface area contributed by atoms with Gasteiger partial charge in [-0.2, -0.15) is 0 Å². The van der Waals surface area contributed by atoms with Crippen LogP contribution in [0, 0.1) is 0 Å². The van der Waals surface area contributed by atoms with Gasteiger partial charge in [0.25, 0.3) is 0 Å². The Morgan fingerprint density at radius 3 is 2.71 bits per heavy atom. The SMILES string of the molecule is CCCN(CCN(C)C)c1nc2sccn2c1CC(C)N. The van der Waals surface area contributed by atoms with Gasteiger partial charge >= 0.3 is 0 Å². The summed E-state index contributed by atoms with van der Waals surface area (Å²) in [6.45, 7) is 7.33. The van der Waals surface area contributed by atoms with Gasteiger partial charge in [-0.15, -0.1) is 11.3 Å². The van der Waals surface area contributed by atoms with Crippen molar-refractivity contribution in [2.75, 3.05) is 38.6 Å². The molecular formula is C15H27N5S. The standard InChI is InChI=1S/C15H27N5S/c1-5-6-19(8-7-18(3)4)14-13(11-12(2)16)20-9-10-21-15(20)17-14/h9-10,12H,5-8,11,16H2,1-4H3. The lowest BCUT2D eigenvalue weighted by Gasteiger charge is -2.25. The van der Waals surface area contributed by atoms with Crippen molar-refractivity contribution in [1.82, 2.24) is 14.3 Å². The van der Waals surface area contributed by atoms with Gasteiger partial charge in [0.05, 0.1) is 5.69 Å². The van der Waals surface area contributed by atoms with Crippen molar-refractivity contribution in [3.05, 3.63) is 17.3 Å². The maximum absolute atomic E-state index is 6.04. The number of nitrogens with two attached hydrogens (primary N) is 1. The van der Waals surface area contributed by atoms with E-state index < -0.39 is 0 Å². The number of hydrogen-bond donors (Lipinski definition) is 1. The minimum Gasteiger partial charge on any atom is -0.354 e. The van der Waals surface area contributed by atoms with E-state index in [4.69, 9.17) is 10.7 Å². The Kier molecular flexibility index (Phi) is 5.61. The van der Waals surface area contributed by atoms with Gasteiger partial charge in [0.15, 0.2) is 10.8 Å². The van der Waals surface area contributed by atoms with E-state index in [0.717, 1.165) is 43.3 Å². The Hall–Kier alpha value is -1.11. The first-order valence-corrected chi connectivity index (χ1v) is 8.50. The van der Waals surface area contributed by atoms with Gasteiger partial charge in [0.1, 0.15) is 0 Å². The van der Waals surface area contributed by atoms with Crippen LogP contribution in [0.4, 0.5) is 5.82 Å². The van der Waals surface area contributed by atoms with Crippen LogP contribution in [0.3, 0.4) is 0 Å². The Morgan fingerprint density at radius 1 is 1.33 bits per heavy atom. The second-order valence-electron chi connectivity index (χ2n) is 5.91. The van der Waals surface area contributed by atoms with Crippen molar-refractivity contribution in [3.63, 3.8) is 0 Å². The summed E-state index contributed by atoms with van der Waals surface area (Å²) in [7, 11) is 4.22. The van der Waals surface area contributed by atoms with Crippen molar-refractivity contribution >= 4 is 22.1 Å². The third kappa shape index (κ3) is 3.96. The summed E-state index contributed by atoms with van der Waals surface area (Å²) >= 11 is 1.68. The smallest absolute Gasteiger partial charge is 0.195 e. The first kappa shape index (κ1) is 16.3. The number of nitrogens with zero attached hydrogens (tertiary/aromatic N) is 4. The number of rotatable bonds is 8. The van der Waals surface area contributed by atoms with Crippen LogP contribution < -0.4 is 10.6 Å². The first-order valence-electron chi connectivity index (χ1n) is 7.62. The van der Waals surface area contributed by atoms with Crippen LogP contribution >= 0.6 is 11.3 Å². The van der Waals surface area contributed by atoms with E-state index in [-0.39, 0.29) is 6.04 Å². The minimum absolute atomic E-state index is 0.140. The zero-order valence-corrected chi connectivity index (χ0v) is 14.4. The van der Waals surface area contributed by atoms with Crippen molar-refractivity contribution < 1.29 is 0 Å². The molecule has 0 aliphatic carbocycles. The fourth-order valence-electron chi connectivity index (χ4n) is 2.48. The van der Waals surface area contributed by atoms with Gasteiger partial charge in [-0.05, 0) is 27.4 Å². The van der Waals surface area contributed by atoms with Crippen LogP contribution in [-0.2, 0) is 6.42 Å². The van der Waals surface area contributed by atoms with E-state index in [0.29, 0.717) is 0 Å². The van der Waals surface area contributed by atoms with Crippen molar-refractivity contribution in [1.29, 1.82) is 0 Å². The van der Waals surface area contributed by atoms with Gasteiger partial charge in [-0.1, -0.05) is 6.92 Å². The average Bonchev–Trinajstić information content (AvgIpc) is 2.97. The molecule has 0 fully saturated rings. The molecule has 2 N–H and O–H groups in total. The average molecular weight is 309 g/mol. The van der Waals surface area contributed by atoms with Crippen molar-refractivity contribution in [2.24, 2.45) is 5.73 Å². The topological polar surface area (TPSA) is 49.8 Å². The molecule has 0 aliphatic rings. The van der Waals surface area contributed by atoms with E-state index >= 15 is 0 Å². The largest absolute Gasteiger partial charge is 0.354 e. The van der Waals surface area contributed by atoms with Crippen molar-refractivity contribution in [2.45, 2.75) is 32.7 Å². The minimum atomic E-state index is 0.140. The molecule has 2 aromatic heterocycles. The molecule has 0 amide bonds. The number of hydrogen-bond acceptors (Lipinski definition) is 5. The lowest BCUT2D eigenvalue weighted by atomic mass is 10.2. The maximum Gasteiger partial charge on any atom is 0.195 e. The second kappa shape index (κ2) is 7.24. The highest BCUT2D eigenvalue weighted by Gasteiger charge is 2.19. The summed E-state index contributed by atoms with van der Waals surface area (Å²) in [5.41, 5.74) is 7.29. The molecule has 0 bridgehead atoms. The van der Waals surface area contributed by atoms with E-state index in [1.54, 1.807) is 11.3 Å². The molecule has 0 aliphatic heterocycles. The summed E-state index contributed by atoms with van der Waals surface area (Å²) in [5, 5.41) is 2.08. The molecule has 0 aromatic carbocycles. The van der Waals surface area contributed by atoms with Gasteiger partial charge in [-0.3, -0.25) is 4.40 Å². The Bertz CT molecular complexity index is 557. The number of fused-ring (bicyclic) bond motifs is 1. The molecule has 2 aromatic rings. The summed E-state index contributed by atoms with van der Waals surface area (Å²) in [6, 6.07) is 0.140. The zero-order chi connectivity index (χ0) is 15.4.